The molecule has 0 aromatic carbocycles. The summed E-state index contributed by atoms with van der Waals surface area (Å²) in [5.41, 5.74) is -1.14. The van der Waals surface area contributed by atoms with Gasteiger partial charge in [-0.3, -0.25) is 0 Å². The van der Waals surface area contributed by atoms with Gasteiger partial charge < -0.3 is 44.7 Å². The smallest absolute Gasteiger partial charge is 0.335 e. The molecule has 0 amide bonds. The van der Waals surface area contributed by atoms with Gasteiger partial charge in [-0.05, 0) is 20.3 Å². The summed E-state index contributed by atoms with van der Waals surface area (Å²) in [4.78, 5) is 20.5. The number of aliphatic carboxylic acids is 1. The third-order valence-electron chi connectivity index (χ3n) is 2.64. The molecule has 27 heavy (non-hydrogen) atoms. The fourth-order valence-corrected chi connectivity index (χ4v) is 1.15. The fraction of sp³-hybridized carbons (Fsp3) is 0.882. The van der Waals surface area contributed by atoms with Gasteiger partial charge in [-0.2, -0.15) is 0 Å². The van der Waals surface area contributed by atoms with Crippen molar-refractivity contribution >= 4 is 11.9 Å². The van der Waals surface area contributed by atoms with E-state index < -0.39 is 36.4 Å². The van der Waals surface area contributed by atoms with Crippen molar-refractivity contribution in [2.24, 2.45) is 0 Å². The highest BCUT2D eigenvalue weighted by atomic mass is 16.6. The second-order valence-electron chi connectivity index (χ2n) is 7.49. The second kappa shape index (κ2) is 15.7. The van der Waals surface area contributed by atoms with Crippen molar-refractivity contribution in [3.63, 3.8) is 0 Å². The Labute approximate surface area is 161 Å². The summed E-state index contributed by atoms with van der Waals surface area (Å²) in [5.74, 6) is -2.00. The van der Waals surface area contributed by atoms with Gasteiger partial charge in [-0.1, -0.05) is 6.92 Å². The number of nitrogens with zero attached hydrogens (tertiary/aromatic N) is 1. The molecule has 0 fully saturated rings. The van der Waals surface area contributed by atoms with Gasteiger partial charge in [0.1, 0.15) is 19.3 Å². The predicted molar refractivity (Wildman–Crippen MR) is 96.3 cm³/mol. The number of esters is 1. The van der Waals surface area contributed by atoms with Crippen molar-refractivity contribution in [3.05, 3.63) is 0 Å². The second-order valence-corrected chi connectivity index (χ2v) is 7.49. The minimum atomic E-state index is -1.22. The highest BCUT2D eigenvalue weighted by Crippen LogP contribution is 2.04. The molecular formula is C17H37NO9. The van der Waals surface area contributed by atoms with Crippen molar-refractivity contribution in [2.45, 2.75) is 51.4 Å². The van der Waals surface area contributed by atoms with Crippen LogP contribution < -0.4 is 5.11 Å². The van der Waals surface area contributed by atoms with E-state index in [9.17, 15) is 14.7 Å². The van der Waals surface area contributed by atoms with Crippen molar-refractivity contribution < 1.29 is 49.4 Å². The van der Waals surface area contributed by atoms with E-state index >= 15 is 0 Å². The molecule has 0 heterocycles. The van der Waals surface area contributed by atoms with Crippen LogP contribution in [-0.2, 0) is 14.3 Å². The Morgan fingerprint density at radius 3 is 1.81 bits per heavy atom. The summed E-state index contributed by atoms with van der Waals surface area (Å²) >= 11 is 0. The summed E-state index contributed by atoms with van der Waals surface area (Å²) in [6, 6.07) is 0. The van der Waals surface area contributed by atoms with Crippen LogP contribution in [0.25, 0.3) is 0 Å². The van der Waals surface area contributed by atoms with E-state index in [4.69, 9.17) is 25.5 Å². The SMILES string of the molecule is CC(C)(O)CC(=O)[O-].CCC(O)C(=O)OCC(O)CO.C[N+](C)(C)CCO. The molecule has 0 bridgehead atoms. The zero-order chi connectivity index (χ0) is 22.3. The Morgan fingerprint density at radius 1 is 1.15 bits per heavy atom. The Kier molecular flexibility index (Phi) is 17.7. The molecule has 0 spiro atoms. The lowest BCUT2D eigenvalue weighted by atomic mass is 10.1. The van der Waals surface area contributed by atoms with E-state index in [1.165, 1.54) is 13.8 Å². The summed E-state index contributed by atoms with van der Waals surface area (Å²) in [6.07, 6.45) is -2.25. The monoisotopic (exact) mass is 399 g/mol. The molecule has 0 aliphatic heterocycles. The van der Waals surface area contributed by atoms with Gasteiger partial charge in [0.15, 0.2) is 6.10 Å². The molecule has 164 valence electrons. The summed E-state index contributed by atoms with van der Waals surface area (Å²) in [7, 11) is 6.16. The lowest BCUT2D eigenvalue weighted by Crippen LogP contribution is -2.36. The van der Waals surface area contributed by atoms with Crippen LogP contribution in [0.1, 0.15) is 33.6 Å². The number of hydrogen-bond donors (Lipinski definition) is 5. The van der Waals surface area contributed by atoms with Gasteiger partial charge in [-0.15, -0.1) is 0 Å². The average Bonchev–Trinajstić information content (AvgIpc) is 2.48. The number of carboxylic acids is 1. The first kappa shape index (κ1) is 30.4. The van der Waals surface area contributed by atoms with Gasteiger partial charge in [-0.25, -0.2) is 4.79 Å². The number of carboxylic acid groups (broad SMARTS) is 1. The number of rotatable bonds is 9. The Hall–Kier alpha value is -1.30. The minimum absolute atomic E-state index is 0.272. The predicted octanol–water partition coefficient (Wildman–Crippen LogP) is -2.76. The first-order valence-electron chi connectivity index (χ1n) is 8.56. The number of quaternary nitrogens is 1. The maximum absolute atomic E-state index is 10.7. The van der Waals surface area contributed by atoms with Gasteiger partial charge in [0.25, 0.3) is 0 Å². The molecule has 0 aromatic heterocycles. The zero-order valence-electron chi connectivity index (χ0n) is 17.2. The highest BCUT2D eigenvalue weighted by Gasteiger charge is 2.15. The number of ether oxygens (including phenoxy) is 1. The largest absolute Gasteiger partial charge is 0.550 e. The van der Waals surface area contributed by atoms with Crippen molar-refractivity contribution in [1.29, 1.82) is 0 Å². The molecule has 0 saturated carbocycles. The number of aliphatic hydroxyl groups excluding tert-OH is 4. The van der Waals surface area contributed by atoms with E-state index in [0.29, 0.717) is 0 Å². The summed E-state index contributed by atoms with van der Waals surface area (Å²) in [5, 5.41) is 52.9. The molecular weight excluding hydrogens is 362 g/mol. The first-order chi connectivity index (χ1) is 12.1. The van der Waals surface area contributed by atoms with Crippen molar-refractivity contribution in [1.82, 2.24) is 0 Å². The molecule has 10 nitrogen and oxygen atoms in total. The Bertz CT molecular complexity index is 389. The normalized spacial score (nSPS) is 13.3. The first-order valence-corrected chi connectivity index (χ1v) is 8.56. The van der Waals surface area contributed by atoms with Crippen LogP contribution in [0.5, 0.6) is 0 Å². The maximum atomic E-state index is 10.7. The molecule has 0 rings (SSSR count). The van der Waals surface area contributed by atoms with E-state index in [1.807, 2.05) is 0 Å². The zero-order valence-corrected chi connectivity index (χ0v) is 17.2. The van der Waals surface area contributed by atoms with Crippen LogP contribution in [-0.4, -0.2) is 107 Å². The molecule has 10 heteroatoms. The molecule has 0 aliphatic rings. The topological polar surface area (TPSA) is 168 Å². The standard InChI is InChI=1S/C7H14O5.C5H14NO.C5H10O3/c1-2-6(10)7(11)12-4-5(9)3-8;1-6(2,3)4-5-7;1-5(2,8)3-4(6)7/h5-6,8-10H,2-4H2,1H3;7H,4-5H2,1-3H3;8H,3H2,1-2H3,(H,6,7)/q;+1;/p-1. The van der Waals surface area contributed by atoms with E-state index in [2.05, 4.69) is 25.9 Å². The van der Waals surface area contributed by atoms with Crippen LogP contribution in [0, 0.1) is 0 Å². The molecule has 0 aliphatic carbocycles. The number of hydrogen-bond acceptors (Lipinski definition) is 9. The van der Waals surface area contributed by atoms with Crippen LogP contribution in [0.2, 0.25) is 0 Å². The van der Waals surface area contributed by atoms with Gasteiger partial charge in [0, 0.05) is 12.4 Å². The van der Waals surface area contributed by atoms with Crippen LogP contribution in [0.15, 0.2) is 0 Å². The molecule has 2 unspecified atom stereocenters. The fourth-order valence-electron chi connectivity index (χ4n) is 1.15. The van der Waals surface area contributed by atoms with Crippen LogP contribution in [0.4, 0.5) is 0 Å². The lowest BCUT2D eigenvalue weighted by molar-refractivity contribution is -0.870. The van der Waals surface area contributed by atoms with Gasteiger partial charge in [0.2, 0.25) is 0 Å². The summed E-state index contributed by atoms with van der Waals surface area (Å²) in [6.45, 7) is 4.84. The van der Waals surface area contributed by atoms with Gasteiger partial charge >= 0.3 is 5.97 Å². The van der Waals surface area contributed by atoms with E-state index in [0.717, 1.165) is 11.0 Å². The Balaban J connectivity index is -0.000000336. The van der Waals surface area contributed by atoms with Gasteiger partial charge in [0.05, 0.1) is 40.0 Å². The molecule has 0 saturated heterocycles. The third-order valence-corrected chi connectivity index (χ3v) is 2.64. The molecule has 0 aromatic rings. The maximum Gasteiger partial charge on any atom is 0.335 e. The quantitative estimate of drug-likeness (QED) is 0.204. The van der Waals surface area contributed by atoms with E-state index in [-0.39, 0.29) is 26.1 Å². The summed E-state index contributed by atoms with van der Waals surface area (Å²) < 4.78 is 5.29. The van der Waals surface area contributed by atoms with E-state index in [1.54, 1.807) is 6.92 Å². The average molecular weight is 399 g/mol. The molecule has 2 atom stereocenters. The molecule has 0 radical (unpaired) electrons. The highest BCUT2D eigenvalue weighted by molar-refractivity contribution is 5.74. The van der Waals surface area contributed by atoms with Crippen molar-refractivity contribution in [2.75, 3.05) is 47.5 Å². The number of aliphatic hydroxyl groups is 5. The van der Waals surface area contributed by atoms with Crippen molar-refractivity contribution in [3.8, 4) is 0 Å². The lowest BCUT2D eigenvalue weighted by Gasteiger charge is -2.21. The minimum Gasteiger partial charge on any atom is -0.550 e. The van der Waals surface area contributed by atoms with Crippen LogP contribution >= 0.6 is 0 Å². The number of carbonyl (C=O) groups is 2. The number of likely N-dealkylation sites (N-methyl/N-ethyl adjacent to an activating group) is 1. The number of carbonyl (C=O) groups excluding carboxylic acids is 2. The molecule has 5 N–H and O–H groups in total. The van der Waals surface area contributed by atoms with Crippen LogP contribution in [0.3, 0.4) is 0 Å². The Morgan fingerprint density at radius 2 is 1.63 bits per heavy atom. The third kappa shape index (κ3) is 29.7.